The van der Waals surface area contributed by atoms with E-state index in [1.54, 1.807) is 11.8 Å². The summed E-state index contributed by atoms with van der Waals surface area (Å²) in [7, 11) is 0. The Morgan fingerprint density at radius 2 is 1.74 bits per heavy atom. The van der Waals surface area contributed by atoms with Gasteiger partial charge in [-0.2, -0.15) is 0 Å². The molecule has 2 saturated heterocycles. The third kappa shape index (κ3) is 3.40. The van der Waals surface area contributed by atoms with Crippen molar-refractivity contribution in [2.45, 2.75) is 44.1 Å². The van der Waals surface area contributed by atoms with Crippen molar-refractivity contribution in [2.24, 2.45) is 0 Å². The molecule has 160 valence electrons. The first kappa shape index (κ1) is 19.8. The van der Waals surface area contributed by atoms with E-state index in [9.17, 15) is 9.59 Å². The van der Waals surface area contributed by atoms with E-state index in [1.165, 1.54) is 5.56 Å². The van der Waals surface area contributed by atoms with Crippen LogP contribution in [-0.4, -0.2) is 56.7 Å². The molecule has 4 heterocycles. The molecular weight excluding hydrogens is 388 g/mol. The summed E-state index contributed by atoms with van der Waals surface area (Å²) < 4.78 is 2.07. The third-order valence-electron chi connectivity index (χ3n) is 7.05. The Balaban J connectivity index is 1.44. The first-order valence-electron chi connectivity index (χ1n) is 11.1. The summed E-state index contributed by atoms with van der Waals surface area (Å²) in [6.07, 6.45) is 7.47. The molecule has 1 unspecified atom stereocenters. The van der Waals surface area contributed by atoms with Gasteiger partial charge >= 0.3 is 0 Å². The topological polar surface area (TPSA) is 57.9 Å². The van der Waals surface area contributed by atoms with Crippen LogP contribution < -0.4 is 0 Å². The van der Waals surface area contributed by atoms with E-state index >= 15 is 0 Å². The number of imidazole rings is 1. The Morgan fingerprint density at radius 1 is 1.00 bits per heavy atom. The molecule has 2 fully saturated rings. The van der Waals surface area contributed by atoms with Gasteiger partial charge in [0.25, 0.3) is 0 Å². The monoisotopic (exact) mass is 416 g/mol. The lowest BCUT2D eigenvalue weighted by atomic mass is 9.70. The van der Waals surface area contributed by atoms with E-state index in [0.29, 0.717) is 19.6 Å². The number of carbonyl (C=O) groups excluding carboxylic acids is 2. The normalized spacial score (nSPS) is 20.9. The fourth-order valence-corrected chi connectivity index (χ4v) is 5.34. The van der Waals surface area contributed by atoms with Crippen LogP contribution in [0.25, 0.3) is 5.65 Å². The van der Waals surface area contributed by atoms with E-state index in [1.807, 2.05) is 35.4 Å². The van der Waals surface area contributed by atoms with Crippen LogP contribution in [0.4, 0.5) is 0 Å². The zero-order valence-corrected chi connectivity index (χ0v) is 17.9. The quantitative estimate of drug-likeness (QED) is 0.659. The molecule has 0 bridgehead atoms. The molecule has 6 nitrogen and oxygen atoms in total. The van der Waals surface area contributed by atoms with Gasteiger partial charge in [0.15, 0.2) is 0 Å². The van der Waals surface area contributed by atoms with Gasteiger partial charge in [-0.15, -0.1) is 0 Å². The van der Waals surface area contributed by atoms with Gasteiger partial charge in [-0.25, -0.2) is 4.98 Å². The number of likely N-dealkylation sites (tertiary alicyclic amines) is 2. The Labute approximate surface area is 182 Å². The molecule has 0 radical (unpaired) electrons. The second-order valence-corrected chi connectivity index (χ2v) is 8.74. The smallest absolute Gasteiger partial charge is 0.245 e. The number of rotatable bonds is 3. The minimum atomic E-state index is -0.295. The van der Waals surface area contributed by atoms with Crippen LogP contribution in [0.2, 0.25) is 0 Å². The summed E-state index contributed by atoms with van der Waals surface area (Å²) in [5.74, 6) is 0.0977. The van der Waals surface area contributed by atoms with Crippen LogP contribution in [0.3, 0.4) is 0 Å². The molecule has 1 aromatic carbocycles. The SMILES string of the molecule is CC(=O)N1CCCC1C(=O)N1CCC(c2ccccc2)(c2cn3ccccc3n2)CC1. The van der Waals surface area contributed by atoms with Gasteiger partial charge in [-0.05, 0) is 43.4 Å². The second-order valence-electron chi connectivity index (χ2n) is 8.74. The van der Waals surface area contributed by atoms with Crippen LogP contribution in [0.5, 0.6) is 0 Å². The molecule has 2 aliphatic rings. The van der Waals surface area contributed by atoms with Crippen molar-refractivity contribution in [3.63, 3.8) is 0 Å². The number of hydrogen-bond donors (Lipinski definition) is 0. The van der Waals surface area contributed by atoms with Crippen molar-refractivity contribution < 1.29 is 9.59 Å². The van der Waals surface area contributed by atoms with Gasteiger partial charge in [-0.3, -0.25) is 9.59 Å². The van der Waals surface area contributed by atoms with Crippen LogP contribution >= 0.6 is 0 Å². The second kappa shape index (κ2) is 7.84. The number of benzene rings is 1. The number of nitrogens with zero attached hydrogens (tertiary/aromatic N) is 4. The molecule has 2 aromatic heterocycles. The Hall–Kier alpha value is -3.15. The maximum atomic E-state index is 13.3. The van der Waals surface area contributed by atoms with Crippen molar-refractivity contribution in [3.05, 3.63) is 72.2 Å². The van der Waals surface area contributed by atoms with Gasteiger partial charge in [0.1, 0.15) is 11.7 Å². The number of carbonyl (C=O) groups is 2. The van der Waals surface area contributed by atoms with E-state index in [-0.39, 0.29) is 23.3 Å². The van der Waals surface area contributed by atoms with Gasteiger partial charge < -0.3 is 14.2 Å². The molecule has 3 aromatic rings. The van der Waals surface area contributed by atoms with E-state index in [2.05, 4.69) is 34.9 Å². The fraction of sp³-hybridized carbons (Fsp3) is 0.400. The molecule has 0 spiro atoms. The first-order chi connectivity index (χ1) is 15.1. The zero-order chi connectivity index (χ0) is 21.4. The van der Waals surface area contributed by atoms with Crippen molar-refractivity contribution in [3.8, 4) is 0 Å². The highest BCUT2D eigenvalue weighted by molar-refractivity contribution is 5.87. The Morgan fingerprint density at radius 3 is 2.45 bits per heavy atom. The molecule has 1 atom stereocenters. The van der Waals surface area contributed by atoms with Crippen LogP contribution in [-0.2, 0) is 15.0 Å². The fourth-order valence-electron chi connectivity index (χ4n) is 5.34. The number of piperidine rings is 1. The van der Waals surface area contributed by atoms with Crippen molar-refractivity contribution in [1.82, 2.24) is 19.2 Å². The molecule has 0 N–H and O–H groups in total. The standard InChI is InChI=1S/C25H28N4O2/c1-19(30)29-15-7-10-21(29)24(31)27-16-12-25(13-17-27,20-8-3-2-4-9-20)22-18-28-14-6-5-11-23(28)26-22/h2-6,8-9,11,14,18,21H,7,10,12-13,15-17H2,1H3. The molecule has 0 aliphatic carbocycles. The van der Waals surface area contributed by atoms with Crippen molar-refractivity contribution >= 4 is 17.5 Å². The third-order valence-corrected chi connectivity index (χ3v) is 7.05. The van der Waals surface area contributed by atoms with Crippen LogP contribution in [0, 0.1) is 0 Å². The summed E-state index contributed by atoms with van der Waals surface area (Å²) in [4.78, 5) is 33.9. The number of fused-ring (bicyclic) bond motifs is 1. The molecule has 31 heavy (non-hydrogen) atoms. The molecule has 2 aliphatic heterocycles. The highest BCUT2D eigenvalue weighted by Crippen LogP contribution is 2.41. The lowest BCUT2D eigenvalue weighted by Gasteiger charge is -2.42. The van der Waals surface area contributed by atoms with Crippen LogP contribution in [0.15, 0.2) is 60.9 Å². The molecule has 5 rings (SSSR count). The van der Waals surface area contributed by atoms with E-state index in [0.717, 1.165) is 37.0 Å². The average Bonchev–Trinajstić information content (AvgIpc) is 3.47. The molecular formula is C25H28N4O2. The van der Waals surface area contributed by atoms with Crippen molar-refractivity contribution in [2.75, 3.05) is 19.6 Å². The number of pyridine rings is 1. The van der Waals surface area contributed by atoms with Gasteiger partial charge in [-0.1, -0.05) is 36.4 Å². The Kier molecular flexibility index (Phi) is 5.00. The van der Waals surface area contributed by atoms with Gasteiger partial charge in [0, 0.05) is 44.4 Å². The molecule has 0 saturated carbocycles. The zero-order valence-electron chi connectivity index (χ0n) is 17.9. The minimum absolute atomic E-state index is 0.00353. The maximum absolute atomic E-state index is 13.3. The largest absolute Gasteiger partial charge is 0.341 e. The first-order valence-corrected chi connectivity index (χ1v) is 11.1. The highest BCUT2D eigenvalue weighted by Gasteiger charge is 2.43. The summed E-state index contributed by atoms with van der Waals surface area (Å²) in [6, 6.07) is 16.3. The predicted molar refractivity (Wildman–Crippen MR) is 119 cm³/mol. The lowest BCUT2D eigenvalue weighted by Crippen LogP contribution is -2.52. The van der Waals surface area contributed by atoms with Crippen molar-refractivity contribution in [1.29, 1.82) is 0 Å². The summed E-state index contributed by atoms with van der Waals surface area (Å²) >= 11 is 0. The average molecular weight is 417 g/mol. The maximum Gasteiger partial charge on any atom is 0.245 e. The lowest BCUT2D eigenvalue weighted by molar-refractivity contribution is -0.143. The van der Waals surface area contributed by atoms with E-state index < -0.39 is 0 Å². The summed E-state index contributed by atoms with van der Waals surface area (Å²) in [6.45, 7) is 3.59. The summed E-state index contributed by atoms with van der Waals surface area (Å²) in [5, 5.41) is 0. The van der Waals surface area contributed by atoms with Gasteiger partial charge in [0.2, 0.25) is 11.8 Å². The van der Waals surface area contributed by atoms with E-state index in [4.69, 9.17) is 4.98 Å². The number of aromatic nitrogens is 2. The number of hydrogen-bond acceptors (Lipinski definition) is 3. The van der Waals surface area contributed by atoms with Crippen LogP contribution in [0.1, 0.15) is 43.9 Å². The minimum Gasteiger partial charge on any atom is -0.341 e. The van der Waals surface area contributed by atoms with Gasteiger partial charge in [0.05, 0.1) is 5.69 Å². The number of amides is 2. The molecule has 2 amide bonds. The molecule has 6 heteroatoms. The highest BCUT2D eigenvalue weighted by atomic mass is 16.2. The Bertz CT molecular complexity index is 1070. The summed E-state index contributed by atoms with van der Waals surface area (Å²) in [5.41, 5.74) is 3.02. The predicted octanol–water partition coefficient (Wildman–Crippen LogP) is 3.25.